The fourth-order valence-electron chi connectivity index (χ4n) is 4.63. The number of anilines is 1. The highest BCUT2D eigenvalue weighted by Crippen LogP contribution is 2.40. The second kappa shape index (κ2) is 8.32. The topological polar surface area (TPSA) is 76.1 Å². The molecule has 2 aliphatic rings. The minimum atomic E-state index is 0.513. The lowest BCUT2D eigenvalue weighted by atomic mass is 9.77. The van der Waals surface area contributed by atoms with Crippen LogP contribution in [0.25, 0.3) is 22.3 Å². The zero-order valence-corrected chi connectivity index (χ0v) is 17.7. The first kappa shape index (κ1) is 19.5. The van der Waals surface area contributed by atoms with Gasteiger partial charge in [-0.3, -0.25) is 9.67 Å². The smallest absolute Gasteiger partial charge is 0.0924 e. The number of nitrogens with zero attached hydrogens (tertiary/aromatic N) is 6. The molecule has 7 nitrogen and oxygen atoms in total. The van der Waals surface area contributed by atoms with Gasteiger partial charge in [0.2, 0.25) is 0 Å². The summed E-state index contributed by atoms with van der Waals surface area (Å²) in [7, 11) is 2.18. The van der Waals surface area contributed by atoms with Crippen molar-refractivity contribution in [1.82, 2.24) is 24.6 Å². The number of hydrogen-bond donors (Lipinski definition) is 1. The van der Waals surface area contributed by atoms with Gasteiger partial charge in [0, 0.05) is 43.6 Å². The van der Waals surface area contributed by atoms with Crippen LogP contribution in [0.5, 0.6) is 0 Å². The van der Waals surface area contributed by atoms with Gasteiger partial charge in [0.25, 0.3) is 0 Å². The zero-order valence-electron chi connectivity index (χ0n) is 17.7. The van der Waals surface area contributed by atoms with Crippen LogP contribution in [0.1, 0.15) is 31.7 Å². The van der Waals surface area contributed by atoms with Crippen LogP contribution in [0, 0.1) is 5.92 Å². The number of hydrogen-bond acceptors (Lipinski definition) is 6. The van der Waals surface area contributed by atoms with Crippen molar-refractivity contribution in [2.75, 3.05) is 44.7 Å². The van der Waals surface area contributed by atoms with E-state index >= 15 is 0 Å². The average Bonchev–Trinajstić information content (AvgIpc) is 3.22. The molecule has 7 heteroatoms. The molecular weight excluding hydrogens is 374 g/mol. The van der Waals surface area contributed by atoms with Gasteiger partial charge in [-0.05, 0) is 63.4 Å². The van der Waals surface area contributed by atoms with Gasteiger partial charge < -0.3 is 15.5 Å². The summed E-state index contributed by atoms with van der Waals surface area (Å²) < 4.78 is 2.11. The molecule has 2 aromatic heterocycles. The van der Waals surface area contributed by atoms with Crippen LogP contribution < -0.4 is 10.6 Å². The van der Waals surface area contributed by atoms with Crippen LogP contribution in [-0.2, 0) is 0 Å². The lowest BCUT2D eigenvalue weighted by Gasteiger charge is -2.35. The molecule has 0 radical (unpaired) electrons. The maximum Gasteiger partial charge on any atom is 0.0924 e. The molecular formula is C23H31N7. The summed E-state index contributed by atoms with van der Waals surface area (Å²) in [6.07, 6.45) is 10.7. The van der Waals surface area contributed by atoms with Crippen molar-refractivity contribution in [2.45, 2.75) is 31.7 Å². The molecule has 0 unspecified atom stereocenters. The number of aromatic nitrogens is 4. The van der Waals surface area contributed by atoms with Crippen molar-refractivity contribution < 1.29 is 0 Å². The number of benzene rings is 1. The van der Waals surface area contributed by atoms with E-state index in [1.54, 1.807) is 0 Å². The van der Waals surface area contributed by atoms with Crippen molar-refractivity contribution in [3.63, 3.8) is 0 Å². The standard InChI is InChI=1S/C23H31N7/c1-28-7-9-29(10-8-28)19-4-5-21-22(13-19)27-23(15-25-21)18-14-26-30(16-18)20-11-17(12-20)3-2-6-24/h4-5,13-17,20H,2-3,6-12,24H2,1H3. The summed E-state index contributed by atoms with van der Waals surface area (Å²) in [4.78, 5) is 14.4. The van der Waals surface area contributed by atoms with Gasteiger partial charge in [0.15, 0.2) is 0 Å². The Morgan fingerprint density at radius 1 is 1.07 bits per heavy atom. The minimum Gasteiger partial charge on any atom is -0.369 e. The molecule has 30 heavy (non-hydrogen) atoms. The molecule has 0 amide bonds. The van der Waals surface area contributed by atoms with Gasteiger partial charge in [-0.25, -0.2) is 4.98 Å². The highest BCUT2D eigenvalue weighted by atomic mass is 15.3. The third-order valence-corrected chi connectivity index (χ3v) is 6.69. The van der Waals surface area contributed by atoms with E-state index in [9.17, 15) is 0 Å². The Kier molecular flexibility index (Phi) is 5.39. The van der Waals surface area contributed by atoms with E-state index in [1.807, 2.05) is 12.4 Å². The summed E-state index contributed by atoms with van der Waals surface area (Å²) in [6, 6.07) is 6.94. The van der Waals surface area contributed by atoms with Gasteiger partial charge in [-0.15, -0.1) is 0 Å². The molecule has 2 fully saturated rings. The van der Waals surface area contributed by atoms with E-state index in [2.05, 4.69) is 56.0 Å². The number of nitrogens with two attached hydrogens (primary N) is 1. The highest BCUT2D eigenvalue weighted by Gasteiger charge is 2.30. The molecule has 1 aliphatic heterocycles. The first-order chi connectivity index (χ1) is 14.7. The summed E-state index contributed by atoms with van der Waals surface area (Å²) in [6.45, 7) is 5.09. The van der Waals surface area contributed by atoms with Crippen LogP contribution in [0.2, 0.25) is 0 Å². The van der Waals surface area contributed by atoms with E-state index < -0.39 is 0 Å². The Labute approximate surface area is 177 Å². The highest BCUT2D eigenvalue weighted by molar-refractivity contribution is 5.81. The van der Waals surface area contributed by atoms with E-state index in [4.69, 9.17) is 10.7 Å². The molecule has 1 saturated carbocycles. The van der Waals surface area contributed by atoms with Crippen LogP contribution in [0.3, 0.4) is 0 Å². The van der Waals surface area contributed by atoms with Crippen LogP contribution in [0.15, 0.2) is 36.8 Å². The maximum atomic E-state index is 5.63. The van der Waals surface area contributed by atoms with Crippen LogP contribution in [0.4, 0.5) is 5.69 Å². The largest absolute Gasteiger partial charge is 0.369 e. The van der Waals surface area contributed by atoms with Gasteiger partial charge >= 0.3 is 0 Å². The van der Waals surface area contributed by atoms with Gasteiger partial charge in [0.05, 0.1) is 35.2 Å². The number of fused-ring (bicyclic) bond motifs is 1. The van der Waals surface area contributed by atoms with Crippen LogP contribution in [-0.4, -0.2) is 64.4 Å². The predicted molar refractivity (Wildman–Crippen MR) is 121 cm³/mol. The summed E-state index contributed by atoms with van der Waals surface area (Å²) in [5.41, 5.74) is 10.7. The van der Waals surface area contributed by atoms with Crippen molar-refractivity contribution in [2.24, 2.45) is 11.7 Å². The summed E-state index contributed by atoms with van der Waals surface area (Å²) in [5.74, 6) is 0.805. The minimum absolute atomic E-state index is 0.513. The molecule has 1 aromatic carbocycles. The lowest BCUT2D eigenvalue weighted by molar-refractivity contribution is 0.171. The lowest BCUT2D eigenvalue weighted by Crippen LogP contribution is -2.44. The predicted octanol–water partition coefficient (Wildman–Crippen LogP) is 2.94. The Bertz CT molecular complexity index is 1000. The van der Waals surface area contributed by atoms with Crippen molar-refractivity contribution >= 4 is 16.7 Å². The number of rotatable bonds is 6. The van der Waals surface area contributed by atoms with Gasteiger partial charge in [-0.1, -0.05) is 0 Å². The van der Waals surface area contributed by atoms with E-state index in [1.165, 1.54) is 24.9 Å². The summed E-state index contributed by atoms with van der Waals surface area (Å²) in [5, 5.41) is 4.62. The molecule has 5 rings (SSSR count). The molecule has 1 saturated heterocycles. The fourth-order valence-corrected chi connectivity index (χ4v) is 4.63. The quantitative estimate of drug-likeness (QED) is 0.680. The molecule has 2 N–H and O–H groups in total. The monoisotopic (exact) mass is 405 g/mol. The van der Waals surface area contributed by atoms with Crippen molar-refractivity contribution in [3.05, 3.63) is 36.8 Å². The second-order valence-corrected chi connectivity index (χ2v) is 8.85. The number of likely N-dealkylation sites (N-methyl/N-ethyl adjacent to an activating group) is 1. The van der Waals surface area contributed by atoms with Gasteiger partial charge in [-0.2, -0.15) is 5.10 Å². The first-order valence-electron chi connectivity index (χ1n) is 11.1. The fraction of sp³-hybridized carbons (Fsp3) is 0.522. The normalized spacial score (nSPS) is 22.4. The van der Waals surface area contributed by atoms with E-state index in [0.29, 0.717) is 6.04 Å². The maximum absolute atomic E-state index is 5.63. The second-order valence-electron chi connectivity index (χ2n) is 8.85. The van der Waals surface area contributed by atoms with Crippen molar-refractivity contribution in [1.29, 1.82) is 0 Å². The van der Waals surface area contributed by atoms with Crippen LogP contribution >= 0.6 is 0 Å². The molecule has 0 bridgehead atoms. The molecule has 3 heterocycles. The van der Waals surface area contributed by atoms with Crippen molar-refractivity contribution in [3.8, 4) is 11.3 Å². The third kappa shape index (κ3) is 3.91. The Balaban J connectivity index is 1.32. The third-order valence-electron chi connectivity index (χ3n) is 6.69. The average molecular weight is 406 g/mol. The summed E-state index contributed by atoms with van der Waals surface area (Å²) >= 11 is 0. The Morgan fingerprint density at radius 2 is 1.90 bits per heavy atom. The van der Waals surface area contributed by atoms with E-state index in [-0.39, 0.29) is 0 Å². The Morgan fingerprint density at radius 3 is 2.70 bits per heavy atom. The molecule has 0 atom stereocenters. The molecule has 3 aromatic rings. The Hall–Kier alpha value is -2.51. The first-order valence-corrected chi connectivity index (χ1v) is 11.1. The van der Waals surface area contributed by atoms with Gasteiger partial charge in [0.1, 0.15) is 0 Å². The SMILES string of the molecule is CN1CCN(c2ccc3ncc(-c4cnn(C5CC(CCCN)C5)c4)nc3c2)CC1. The molecule has 1 aliphatic carbocycles. The molecule has 0 spiro atoms. The van der Waals surface area contributed by atoms with E-state index in [0.717, 1.165) is 67.4 Å². The molecule has 158 valence electrons. The number of piperazine rings is 1. The zero-order chi connectivity index (χ0) is 20.5.